The molecule has 2 rings (SSSR count). The first-order valence-electron chi connectivity index (χ1n) is 3.00. The van der Waals surface area contributed by atoms with E-state index in [2.05, 4.69) is 4.37 Å². The van der Waals surface area contributed by atoms with Gasteiger partial charge in [-0.3, -0.25) is 9.59 Å². The van der Waals surface area contributed by atoms with E-state index in [0.717, 1.165) is 11.5 Å². The summed E-state index contributed by atoms with van der Waals surface area (Å²) in [7, 11) is 0. The third kappa shape index (κ3) is 0.832. The fraction of sp³-hybridized carbons (Fsp3) is 0. The number of hydrogen-bond donors (Lipinski definition) is 0. The summed E-state index contributed by atoms with van der Waals surface area (Å²) in [5, 5.41) is 0. The average molecular weight is 165 g/mol. The fourth-order valence-electron chi connectivity index (χ4n) is 0.910. The Morgan fingerprint density at radius 2 is 1.91 bits per heavy atom. The Morgan fingerprint density at radius 1 is 1.18 bits per heavy atom. The molecule has 0 aliphatic heterocycles. The molecule has 1 aromatic heterocycles. The molecule has 54 valence electrons. The van der Waals surface area contributed by atoms with Crippen LogP contribution in [0.1, 0.15) is 20.0 Å². The first kappa shape index (κ1) is 6.42. The second-order valence-corrected chi connectivity index (χ2v) is 2.93. The lowest BCUT2D eigenvalue weighted by atomic mass is 10.1. The lowest BCUT2D eigenvalue weighted by molar-refractivity contribution is 0.0997. The fourth-order valence-corrected chi connectivity index (χ4v) is 1.58. The third-order valence-electron chi connectivity index (χ3n) is 1.45. The van der Waals surface area contributed by atoms with Gasteiger partial charge in [-0.1, -0.05) is 0 Å². The molecule has 1 aromatic rings. The average Bonchev–Trinajstić information content (AvgIpc) is 2.45. The normalized spacial score (nSPS) is 15.3. The largest absolute Gasteiger partial charge is 0.289 e. The van der Waals surface area contributed by atoms with E-state index in [1.54, 1.807) is 0 Å². The van der Waals surface area contributed by atoms with Crippen LogP contribution < -0.4 is 0 Å². The van der Waals surface area contributed by atoms with Crippen molar-refractivity contribution in [3.8, 4) is 0 Å². The molecule has 0 radical (unpaired) electrons. The Hall–Kier alpha value is -1.29. The molecule has 3 nitrogen and oxygen atoms in total. The van der Waals surface area contributed by atoms with Crippen LogP contribution in [0.25, 0.3) is 0 Å². The van der Waals surface area contributed by atoms with Crippen LogP contribution in [-0.4, -0.2) is 15.9 Å². The minimum atomic E-state index is -0.131. The smallest absolute Gasteiger partial charge is 0.198 e. The second-order valence-electron chi connectivity index (χ2n) is 2.13. The zero-order valence-electron chi connectivity index (χ0n) is 5.40. The lowest BCUT2D eigenvalue weighted by Gasteiger charge is -1.98. The minimum absolute atomic E-state index is 0.123. The molecule has 0 amide bonds. The summed E-state index contributed by atoms with van der Waals surface area (Å²) in [6.07, 6.45) is 3.99. The summed E-state index contributed by atoms with van der Waals surface area (Å²) >= 11 is 1.07. The van der Waals surface area contributed by atoms with Crippen molar-refractivity contribution in [2.24, 2.45) is 0 Å². The van der Waals surface area contributed by atoms with Gasteiger partial charge in [0, 0.05) is 0 Å². The Labute approximate surface area is 66.5 Å². The number of allylic oxidation sites excluding steroid dienone is 2. The molecule has 0 aromatic carbocycles. The van der Waals surface area contributed by atoms with Crippen molar-refractivity contribution < 1.29 is 9.59 Å². The lowest BCUT2D eigenvalue weighted by Crippen LogP contribution is -2.07. The summed E-state index contributed by atoms with van der Waals surface area (Å²) < 4.78 is 3.76. The predicted octanol–water partition coefficient (Wildman–Crippen LogP) is 1.08. The molecule has 0 N–H and O–H groups in total. The van der Waals surface area contributed by atoms with E-state index in [0.29, 0.717) is 10.4 Å². The highest BCUT2D eigenvalue weighted by Gasteiger charge is 2.20. The van der Waals surface area contributed by atoms with Crippen molar-refractivity contribution in [1.82, 2.24) is 4.37 Å². The van der Waals surface area contributed by atoms with E-state index in [1.165, 1.54) is 18.3 Å². The second kappa shape index (κ2) is 2.10. The van der Waals surface area contributed by atoms with Crippen molar-refractivity contribution in [2.75, 3.05) is 0 Å². The van der Waals surface area contributed by atoms with Crippen molar-refractivity contribution in [3.05, 3.63) is 28.8 Å². The number of ketones is 2. The number of rotatable bonds is 0. The van der Waals surface area contributed by atoms with E-state index in [9.17, 15) is 9.59 Å². The Kier molecular flexibility index (Phi) is 1.22. The van der Waals surface area contributed by atoms with Gasteiger partial charge in [0.1, 0.15) is 4.88 Å². The van der Waals surface area contributed by atoms with Gasteiger partial charge in [0.05, 0.1) is 11.8 Å². The number of hydrogen-bond acceptors (Lipinski definition) is 4. The highest BCUT2D eigenvalue weighted by molar-refractivity contribution is 7.08. The van der Waals surface area contributed by atoms with E-state index in [4.69, 9.17) is 0 Å². The predicted molar refractivity (Wildman–Crippen MR) is 39.9 cm³/mol. The summed E-state index contributed by atoms with van der Waals surface area (Å²) in [5.41, 5.74) is 0.433. The van der Waals surface area contributed by atoms with E-state index in [-0.39, 0.29) is 11.6 Å². The molecule has 0 fully saturated rings. The molecule has 1 heterocycles. The molecule has 0 saturated carbocycles. The Balaban J connectivity index is 2.68. The molecule has 0 atom stereocenters. The zero-order chi connectivity index (χ0) is 7.84. The van der Waals surface area contributed by atoms with Crippen molar-refractivity contribution in [1.29, 1.82) is 0 Å². The van der Waals surface area contributed by atoms with E-state index < -0.39 is 0 Å². The van der Waals surface area contributed by atoms with Gasteiger partial charge in [-0.15, -0.1) is 0 Å². The number of nitrogens with zero attached hydrogens (tertiary/aromatic N) is 1. The Bertz CT molecular complexity index is 332. The Morgan fingerprint density at radius 3 is 2.64 bits per heavy atom. The maximum absolute atomic E-state index is 11.0. The van der Waals surface area contributed by atoms with Crippen LogP contribution in [0.2, 0.25) is 0 Å². The van der Waals surface area contributed by atoms with Crippen molar-refractivity contribution in [2.45, 2.75) is 0 Å². The SMILES string of the molecule is O=C1C=CC(=O)c2sncc21. The van der Waals surface area contributed by atoms with Crippen LogP contribution >= 0.6 is 11.5 Å². The molecular formula is C7H3NO2S. The molecule has 0 unspecified atom stereocenters. The molecule has 0 spiro atoms. The maximum atomic E-state index is 11.0. The zero-order valence-corrected chi connectivity index (χ0v) is 6.22. The highest BCUT2D eigenvalue weighted by Crippen LogP contribution is 2.19. The van der Waals surface area contributed by atoms with Gasteiger partial charge in [0.2, 0.25) is 0 Å². The summed E-state index contributed by atoms with van der Waals surface area (Å²) in [5.74, 6) is -0.254. The number of aromatic nitrogens is 1. The number of fused-ring (bicyclic) bond motifs is 1. The van der Waals surface area contributed by atoms with Crippen LogP contribution in [-0.2, 0) is 0 Å². The first-order chi connectivity index (χ1) is 5.29. The monoisotopic (exact) mass is 165 g/mol. The summed E-state index contributed by atoms with van der Waals surface area (Å²) in [4.78, 5) is 22.5. The maximum Gasteiger partial charge on any atom is 0.198 e. The number of carbonyl (C=O) groups is 2. The van der Waals surface area contributed by atoms with Gasteiger partial charge < -0.3 is 0 Å². The third-order valence-corrected chi connectivity index (χ3v) is 2.26. The standard InChI is InChI=1S/C7H3NO2S/c9-5-1-2-6(10)7-4(5)3-8-11-7/h1-3H. The van der Waals surface area contributed by atoms with Gasteiger partial charge >= 0.3 is 0 Å². The summed E-state index contributed by atoms with van der Waals surface area (Å²) in [6, 6.07) is 0. The molecule has 1 aliphatic rings. The van der Waals surface area contributed by atoms with Crippen LogP contribution in [0.4, 0.5) is 0 Å². The molecular weight excluding hydrogens is 162 g/mol. The highest BCUT2D eigenvalue weighted by atomic mass is 32.1. The van der Waals surface area contributed by atoms with Crippen LogP contribution in [0.3, 0.4) is 0 Å². The molecule has 1 aliphatic carbocycles. The van der Waals surface area contributed by atoms with E-state index >= 15 is 0 Å². The number of carbonyl (C=O) groups excluding carboxylic acids is 2. The van der Waals surface area contributed by atoms with Gasteiger partial charge in [-0.2, -0.15) is 4.37 Å². The molecule has 11 heavy (non-hydrogen) atoms. The molecule has 0 bridgehead atoms. The van der Waals surface area contributed by atoms with Crippen LogP contribution in [0, 0.1) is 0 Å². The summed E-state index contributed by atoms with van der Waals surface area (Å²) in [6.45, 7) is 0. The van der Waals surface area contributed by atoms with E-state index in [1.807, 2.05) is 0 Å². The van der Waals surface area contributed by atoms with Gasteiger partial charge in [0.15, 0.2) is 11.6 Å². The topological polar surface area (TPSA) is 47.0 Å². The molecule has 0 saturated heterocycles. The molecule has 4 heteroatoms. The van der Waals surface area contributed by atoms with Crippen LogP contribution in [0.15, 0.2) is 18.3 Å². The van der Waals surface area contributed by atoms with Gasteiger partial charge in [-0.25, -0.2) is 0 Å². The quantitative estimate of drug-likeness (QED) is 0.577. The van der Waals surface area contributed by atoms with Crippen LogP contribution in [0.5, 0.6) is 0 Å². The van der Waals surface area contributed by atoms with Gasteiger partial charge in [-0.05, 0) is 23.7 Å². The first-order valence-corrected chi connectivity index (χ1v) is 3.78. The van der Waals surface area contributed by atoms with Gasteiger partial charge in [0.25, 0.3) is 0 Å². The van der Waals surface area contributed by atoms with Crippen molar-refractivity contribution >= 4 is 23.1 Å². The minimum Gasteiger partial charge on any atom is -0.289 e. The van der Waals surface area contributed by atoms with Crippen molar-refractivity contribution in [3.63, 3.8) is 0 Å².